The molecule has 0 aliphatic rings. The molecule has 0 saturated carbocycles. The summed E-state index contributed by atoms with van der Waals surface area (Å²) in [5, 5.41) is 9.18. The lowest BCUT2D eigenvalue weighted by Gasteiger charge is -2.17. The van der Waals surface area contributed by atoms with Crippen LogP contribution in [-0.4, -0.2) is 17.7 Å². The van der Waals surface area contributed by atoms with Gasteiger partial charge in [0, 0.05) is 0 Å². The summed E-state index contributed by atoms with van der Waals surface area (Å²) in [5.74, 6) is -0.467. The lowest BCUT2D eigenvalue weighted by molar-refractivity contribution is -0.139. The SMILES string of the molecule is CCOc1cccc(C(C(=O)O)C(C)C)c1. The third-order valence-corrected chi connectivity index (χ3v) is 2.46. The average molecular weight is 222 g/mol. The quantitative estimate of drug-likeness (QED) is 0.833. The molecule has 1 atom stereocenters. The van der Waals surface area contributed by atoms with Gasteiger partial charge in [0.2, 0.25) is 0 Å². The molecule has 1 aromatic rings. The molecule has 0 bridgehead atoms. The first-order valence-corrected chi connectivity index (χ1v) is 5.51. The van der Waals surface area contributed by atoms with Gasteiger partial charge in [-0.25, -0.2) is 0 Å². The predicted molar refractivity (Wildman–Crippen MR) is 62.8 cm³/mol. The van der Waals surface area contributed by atoms with Crippen LogP contribution in [0.25, 0.3) is 0 Å². The Balaban J connectivity index is 3.00. The third-order valence-electron chi connectivity index (χ3n) is 2.46. The fraction of sp³-hybridized carbons (Fsp3) is 0.462. The van der Waals surface area contributed by atoms with Crippen LogP contribution in [0.4, 0.5) is 0 Å². The number of hydrogen-bond donors (Lipinski definition) is 1. The Morgan fingerprint density at radius 2 is 2.12 bits per heavy atom. The van der Waals surface area contributed by atoms with Gasteiger partial charge in [-0.3, -0.25) is 4.79 Å². The van der Waals surface area contributed by atoms with Gasteiger partial charge in [0.25, 0.3) is 0 Å². The molecule has 3 heteroatoms. The molecule has 0 aromatic heterocycles. The summed E-state index contributed by atoms with van der Waals surface area (Å²) >= 11 is 0. The van der Waals surface area contributed by atoms with Crippen molar-refractivity contribution in [1.82, 2.24) is 0 Å². The van der Waals surface area contributed by atoms with Crippen LogP contribution >= 0.6 is 0 Å². The molecule has 0 spiro atoms. The van der Waals surface area contributed by atoms with Crippen molar-refractivity contribution in [3.05, 3.63) is 29.8 Å². The number of benzene rings is 1. The van der Waals surface area contributed by atoms with E-state index in [1.54, 1.807) is 0 Å². The maximum atomic E-state index is 11.2. The normalized spacial score (nSPS) is 12.5. The van der Waals surface area contributed by atoms with Gasteiger partial charge in [-0.15, -0.1) is 0 Å². The highest BCUT2D eigenvalue weighted by atomic mass is 16.5. The van der Waals surface area contributed by atoms with Gasteiger partial charge >= 0.3 is 5.97 Å². The van der Waals surface area contributed by atoms with Crippen molar-refractivity contribution in [2.45, 2.75) is 26.7 Å². The van der Waals surface area contributed by atoms with E-state index in [0.29, 0.717) is 6.61 Å². The molecule has 1 aromatic carbocycles. The molecule has 1 unspecified atom stereocenters. The van der Waals surface area contributed by atoms with E-state index in [4.69, 9.17) is 4.74 Å². The highest BCUT2D eigenvalue weighted by Gasteiger charge is 2.23. The third kappa shape index (κ3) is 2.99. The summed E-state index contributed by atoms with van der Waals surface area (Å²) in [7, 11) is 0. The molecule has 0 aliphatic heterocycles. The second kappa shape index (κ2) is 5.54. The number of carboxylic acid groups (broad SMARTS) is 1. The molecule has 0 amide bonds. The first-order chi connectivity index (χ1) is 7.56. The number of rotatable bonds is 5. The monoisotopic (exact) mass is 222 g/mol. The second-order valence-corrected chi connectivity index (χ2v) is 4.07. The van der Waals surface area contributed by atoms with Gasteiger partial charge in [0.1, 0.15) is 5.75 Å². The zero-order valence-corrected chi connectivity index (χ0v) is 9.93. The van der Waals surface area contributed by atoms with E-state index in [1.165, 1.54) is 0 Å². The highest BCUT2D eigenvalue weighted by molar-refractivity contribution is 5.76. The summed E-state index contributed by atoms with van der Waals surface area (Å²) < 4.78 is 5.36. The molecule has 0 heterocycles. The molecular weight excluding hydrogens is 204 g/mol. The van der Waals surface area contributed by atoms with Crippen LogP contribution in [0.5, 0.6) is 5.75 Å². The lowest BCUT2D eigenvalue weighted by atomic mass is 9.88. The Hall–Kier alpha value is -1.51. The molecule has 0 saturated heterocycles. The van der Waals surface area contributed by atoms with Crippen molar-refractivity contribution in [2.24, 2.45) is 5.92 Å². The van der Waals surface area contributed by atoms with Crippen LogP contribution in [-0.2, 0) is 4.79 Å². The van der Waals surface area contributed by atoms with Crippen LogP contribution < -0.4 is 4.74 Å². The Morgan fingerprint density at radius 1 is 1.44 bits per heavy atom. The Morgan fingerprint density at radius 3 is 2.62 bits per heavy atom. The van der Waals surface area contributed by atoms with Gasteiger partial charge in [0.15, 0.2) is 0 Å². The van der Waals surface area contributed by atoms with Crippen LogP contribution in [0.15, 0.2) is 24.3 Å². The summed E-state index contributed by atoms with van der Waals surface area (Å²) in [6.45, 7) is 6.31. The van der Waals surface area contributed by atoms with E-state index in [-0.39, 0.29) is 5.92 Å². The summed E-state index contributed by atoms with van der Waals surface area (Å²) in [5.41, 5.74) is 0.799. The number of carbonyl (C=O) groups is 1. The largest absolute Gasteiger partial charge is 0.494 e. The Bertz CT molecular complexity index is 358. The molecule has 16 heavy (non-hydrogen) atoms. The predicted octanol–water partition coefficient (Wildman–Crippen LogP) is 2.91. The zero-order valence-electron chi connectivity index (χ0n) is 9.93. The number of carboxylic acids is 1. The van der Waals surface area contributed by atoms with Crippen molar-refractivity contribution in [3.8, 4) is 5.75 Å². The number of ether oxygens (including phenoxy) is 1. The molecule has 88 valence electrons. The van der Waals surface area contributed by atoms with Crippen LogP contribution in [0, 0.1) is 5.92 Å². The second-order valence-electron chi connectivity index (χ2n) is 4.07. The van der Waals surface area contributed by atoms with E-state index in [0.717, 1.165) is 11.3 Å². The van der Waals surface area contributed by atoms with E-state index in [9.17, 15) is 9.90 Å². The van der Waals surface area contributed by atoms with E-state index in [2.05, 4.69) is 0 Å². The van der Waals surface area contributed by atoms with Crippen LogP contribution in [0.2, 0.25) is 0 Å². The first kappa shape index (κ1) is 12.6. The molecule has 3 nitrogen and oxygen atoms in total. The highest BCUT2D eigenvalue weighted by Crippen LogP contribution is 2.27. The van der Waals surface area contributed by atoms with E-state index >= 15 is 0 Å². The van der Waals surface area contributed by atoms with Crippen molar-refractivity contribution in [2.75, 3.05) is 6.61 Å². The molecule has 0 fully saturated rings. The maximum Gasteiger partial charge on any atom is 0.311 e. The molecule has 1 rings (SSSR count). The molecular formula is C13H18O3. The van der Waals surface area contributed by atoms with Crippen molar-refractivity contribution in [3.63, 3.8) is 0 Å². The number of aliphatic carboxylic acids is 1. The van der Waals surface area contributed by atoms with Gasteiger partial charge in [-0.1, -0.05) is 26.0 Å². The number of hydrogen-bond acceptors (Lipinski definition) is 2. The molecule has 0 radical (unpaired) electrons. The van der Waals surface area contributed by atoms with Crippen molar-refractivity contribution >= 4 is 5.97 Å². The molecule has 1 N–H and O–H groups in total. The lowest BCUT2D eigenvalue weighted by Crippen LogP contribution is -2.17. The fourth-order valence-electron chi connectivity index (χ4n) is 1.78. The van der Waals surface area contributed by atoms with Gasteiger partial charge < -0.3 is 9.84 Å². The minimum Gasteiger partial charge on any atom is -0.494 e. The summed E-state index contributed by atoms with van der Waals surface area (Å²) in [4.78, 5) is 11.2. The van der Waals surface area contributed by atoms with Gasteiger partial charge in [-0.2, -0.15) is 0 Å². The van der Waals surface area contributed by atoms with E-state index in [1.807, 2.05) is 45.0 Å². The minimum atomic E-state index is -0.788. The van der Waals surface area contributed by atoms with Crippen LogP contribution in [0.3, 0.4) is 0 Å². The van der Waals surface area contributed by atoms with Gasteiger partial charge in [0.05, 0.1) is 12.5 Å². The molecule has 0 aliphatic carbocycles. The summed E-state index contributed by atoms with van der Waals surface area (Å²) in [6, 6.07) is 7.31. The van der Waals surface area contributed by atoms with Crippen molar-refractivity contribution in [1.29, 1.82) is 0 Å². The topological polar surface area (TPSA) is 46.5 Å². The standard InChI is InChI=1S/C13H18O3/c1-4-16-11-7-5-6-10(8-11)12(9(2)3)13(14)15/h5-9,12H,4H2,1-3H3,(H,14,15). The zero-order chi connectivity index (χ0) is 12.1. The van der Waals surface area contributed by atoms with Gasteiger partial charge in [-0.05, 0) is 30.5 Å². The Labute approximate surface area is 96.1 Å². The van der Waals surface area contributed by atoms with Crippen LogP contribution in [0.1, 0.15) is 32.3 Å². The average Bonchev–Trinajstić information content (AvgIpc) is 2.17. The smallest absolute Gasteiger partial charge is 0.311 e. The maximum absolute atomic E-state index is 11.2. The fourth-order valence-corrected chi connectivity index (χ4v) is 1.78. The van der Waals surface area contributed by atoms with E-state index < -0.39 is 11.9 Å². The first-order valence-electron chi connectivity index (χ1n) is 5.51. The summed E-state index contributed by atoms with van der Waals surface area (Å²) in [6.07, 6.45) is 0. The van der Waals surface area contributed by atoms with Crippen molar-refractivity contribution < 1.29 is 14.6 Å². The Kier molecular flexibility index (Phi) is 4.35. The minimum absolute atomic E-state index is 0.0642.